The highest BCUT2D eigenvalue weighted by molar-refractivity contribution is 9.10. The summed E-state index contributed by atoms with van der Waals surface area (Å²) in [7, 11) is -2.03. The summed E-state index contributed by atoms with van der Waals surface area (Å²) in [5.41, 5.74) is 1.02. The molecule has 0 N–H and O–H groups in total. The number of likely N-dealkylation sites (N-methyl/N-ethyl adjacent to an activating group) is 1. The zero-order valence-corrected chi connectivity index (χ0v) is 19.5. The molecular weight excluding hydrogens is 494 g/mol. The standard InChI is InChI=1S/C19H16BrN3O3S3/c1-3-23-17(24)16(18-22(2)14-6-4-5-7-15(14)27-18)28-19(23)21-29(25,26)13-10-8-12(20)9-11-13/h4-11H,3H2,1-2H3/b18-16+,21-19?. The van der Waals surface area contributed by atoms with Crippen molar-refractivity contribution in [2.45, 2.75) is 16.7 Å². The molecule has 1 fully saturated rings. The number of amidine groups is 1. The summed E-state index contributed by atoms with van der Waals surface area (Å²) in [6.07, 6.45) is 0. The zero-order valence-electron chi connectivity index (χ0n) is 15.5. The largest absolute Gasteiger partial charge is 0.337 e. The summed E-state index contributed by atoms with van der Waals surface area (Å²) < 4.78 is 30.3. The fraction of sp³-hybridized carbons (Fsp3) is 0.158. The summed E-state index contributed by atoms with van der Waals surface area (Å²) in [6, 6.07) is 14.1. The van der Waals surface area contributed by atoms with Gasteiger partial charge in [0.1, 0.15) is 4.91 Å². The number of fused-ring (bicyclic) bond motifs is 1. The molecule has 0 radical (unpaired) electrons. The molecule has 6 nitrogen and oxygen atoms in total. The normalized spacial score (nSPS) is 20.7. The van der Waals surface area contributed by atoms with Crippen molar-refractivity contribution in [3.63, 3.8) is 0 Å². The molecule has 2 aromatic carbocycles. The lowest BCUT2D eigenvalue weighted by Gasteiger charge is -2.15. The Kier molecular flexibility index (Phi) is 5.54. The Balaban J connectivity index is 1.73. The van der Waals surface area contributed by atoms with Gasteiger partial charge in [-0.05, 0) is 55.1 Å². The van der Waals surface area contributed by atoms with Gasteiger partial charge in [0.05, 0.1) is 15.6 Å². The Hall–Kier alpha value is -1.75. The number of hydrogen-bond acceptors (Lipinski definition) is 6. The molecule has 150 valence electrons. The van der Waals surface area contributed by atoms with Crippen molar-refractivity contribution in [2.24, 2.45) is 4.40 Å². The van der Waals surface area contributed by atoms with Crippen LogP contribution in [0.25, 0.3) is 0 Å². The van der Waals surface area contributed by atoms with Crippen LogP contribution in [0.15, 0.2) is 77.1 Å². The monoisotopic (exact) mass is 509 g/mol. The van der Waals surface area contributed by atoms with Crippen LogP contribution in [-0.2, 0) is 14.8 Å². The fourth-order valence-corrected chi connectivity index (χ4v) is 6.80. The number of amides is 1. The molecule has 2 aliphatic heterocycles. The van der Waals surface area contributed by atoms with E-state index in [9.17, 15) is 13.2 Å². The average Bonchev–Trinajstić information content (AvgIpc) is 3.18. The Morgan fingerprint density at radius 1 is 1.07 bits per heavy atom. The number of hydrogen-bond donors (Lipinski definition) is 0. The lowest BCUT2D eigenvalue weighted by atomic mass is 10.3. The van der Waals surface area contributed by atoms with Crippen molar-refractivity contribution in [3.05, 3.63) is 62.9 Å². The summed E-state index contributed by atoms with van der Waals surface area (Å²) >= 11 is 5.90. The maximum atomic E-state index is 13.0. The second-order valence-corrected chi connectivity index (χ2v) is 10.7. The Labute approximate surface area is 186 Å². The number of benzene rings is 2. The zero-order chi connectivity index (χ0) is 20.8. The lowest BCUT2D eigenvalue weighted by Crippen LogP contribution is -2.30. The Bertz CT molecular complexity index is 1160. The first-order valence-electron chi connectivity index (χ1n) is 8.67. The van der Waals surface area contributed by atoms with Gasteiger partial charge < -0.3 is 4.90 Å². The van der Waals surface area contributed by atoms with E-state index in [-0.39, 0.29) is 16.0 Å². The molecular formula is C19H16BrN3O3S3. The molecule has 2 heterocycles. The highest BCUT2D eigenvalue weighted by Gasteiger charge is 2.39. The fourth-order valence-electron chi connectivity index (χ4n) is 2.94. The van der Waals surface area contributed by atoms with Crippen molar-refractivity contribution in [2.75, 3.05) is 18.5 Å². The molecule has 4 rings (SSSR count). The number of sulfonamides is 1. The van der Waals surface area contributed by atoms with E-state index in [1.54, 1.807) is 19.1 Å². The molecule has 1 amide bonds. The van der Waals surface area contributed by atoms with Gasteiger partial charge in [-0.1, -0.05) is 39.8 Å². The van der Waals surface area contributed by atoms with E-state index in [0.717, 1.165) is 31.8 Å². The van der Waals surface area contributed by atoms with Gasteiger partial charge >= 0.3 is 0 Å². The first kappa shape index (κ1) is 20.5. The second-order valence-electron chi connectivity index (χ2n) is 6.22. The van der Waals surface area contributed by atoms with E-state index in [1.165, 1.54) is 28.8 Å². The van der Waals surface area contributed by atoms with E-state index >= 15 is 0 Å². The molecule has 2 aliphatic rings. The van der Waals surface area contributed by atoms with Gasteiger partial charge in [0.15, 0.2) is 5.17 Å². The minimum atomic E-state index is -3.93. The van der Waals surface area contributed by atoms with Gasteiger partial charge in [0.2, 0.25) is 0 Å². The molecule has 0 bridgehead atoms. The number of rotatable bonds is 3. The lowest BCUT2D eigenvalue weighted by molar-refractivity contribution is -0.122. The molecule has 0 aliphatic carbocycles. The summed E-state index contributed by atoms with van der Waals surface area (Å²) in [5.74, 6) is -0.232. The first-order chi connectivity index (χ1) is 13.8. The van der Waals surface area contributed by atoms with Crippen LogP contribution in [-0.4, -0.2) is 38.0 Å². The van der Waals surface area contributed by atoms with Crippen LogP contribution in [0.2, 0.25) is 0 Å². The molecule has 2 aromatic rings. The Morgan fingerprint density at radius 2 is 1.76 bits per heavy atom. The Morgan fingerprint density at radius 3 is 2.41 bits per heavy atom. The van der Waals surface area contributed by atoms with E-state index in [1.807, 2.05) is 36.2 Å². The van der Waals surface area contributed by atoms with E-state index in [4.69, 9.17) is 0 Å². The van der Waals surface area contributed by atoms with Crippen LogP contribution in [0, 0.1) is 0 Å². The predicted molar refractivity (Wildman–Crippen MR) is 121 cm³/mol. The van der Waals surface area contributed by atoms with Crippen LogP contribution < -0.4 is 4.90 Å². The van der Waals surface area contributed by atoms with Gasteiger partial charge in [0.25, 0.3) is 15.9 Å². The predicted octanol–water partition coefficient (Wildman–Crippen LogP) is 4.50. The van der Waals surface area contributed by atoms with Crippen LogP contribution in [0.4, 0.5) is 5.69 Å². The van der Waals surface area contributed by atoms with Gasteiger partial charge in [0, 0.05) is 23.0 Å². The SMILES string of the molecule is CCN1C(=O)/C(=C2\Sc3ccccc3N2C)SC1=NS(=O)(=O)c1ccc(Br)cc1. The number of para-hydroxylation sites is 1. The summed E-state index contributed by atoms with van der Waals surface area (Å²) in [4.78, 5) is 18.0. The van der Waals surface area contributed by atoms with Crippen LogP contribution in [0.3, 0.4) is 0 Å². The van der Waals surface area contributed by atoms with Crippen molar-refractivity contribution < 1.29 is 13.2 Å². The molecule has 0 unspecified atom stereocenters. The minimum absolute atomic E-state index is 0.0816. The van der Waals surface area contributed by atoms with Crippen molar-refractivity contribution in [1.29, 1.82) is 0 Å². The average molecular weight is 510 g/mol. The molecule has 29 heavy (non-hydrogen) atoms. The second kappa shape index (κ2) is 7.82. The molecule has 0 spiro atoms. The molecule has 0 aromatic heterocycles. The van der Waals surface area contributed by atoms with Gasteiger partial charge in [-0.15, -0.1) is 4.40 Å². The number of nitrogens with zero attached hydrogens (tertiary/aromatic N) is 3. The summed E-state index contributed by atoms with van der Waals surface area (Å²) in [5, 5.41) is 0.957. The van der Waals surface area contributed by atoms with Crippen molar-refractivity contribution in [3.8, 4) is 0 Å². The maximum Gasteiger partial charge on any atom is 0.284 e. The van der Waals surface area contributed by atoms with Crippen LogP contribution in [0.1, 0.15) is 6.92 Å². The first-order valence-corrected chi connectivity index (χ1v) is 12.5. The molecule has 0 atom stereocenters. The quantitative estimate of drug-likeness (QED) is 0.567. The third kappa shape index (κ3) is 3.74. The smallest absolute Gasteiger partial charge is 0.284 e. The molecule has 0 saturated carbocycles. The highest BCUT2D eigenvalue weighted by Crippen LogP contribution is 2.49. The third-order valence-corrected chi connectivity index (χ3v) is 8.78. The van der Waals surface area contributed by atoms with E-state index < -0.39 is 10.0 Å². The molecule has 1 saturated heterocycles. The van der Waals surface area contributed by atoms with Crippen molar-refractivity contribution >= 4 is 66.2 Å². The van der Waals surface area contributed by atoms with Gasteiger partial charge in [-0.3, -0.25) is 9.69 Å². The van der Waals surface area contributed by atoms with E-state index in [2.05, 4.69) is 20.3 Å². The number of halogens is 1. The highest BCUT2D eigenvalue weighted by atomic mass is 79.9. The van der Waals surface area contributed by atoms with Crippen LogP contribution in [0.5, 0.6) is 0 Å². The van der Waals surface area contributed by atoms with Crippen molar-refractivity contribution in [1.82, 2.24) is 4.90 Å². The number of carbonyl (C=O) groups excluding carboxylic acids is 1. The van der Waals surface area contributed by atoms with Gasteiger partial charge in [-0.25, -0.2) is 0 Å². The maximum absolute atomic E-state index is 13.0. The minimum Gasteiger partial charge on any atom is -0.337 e. The third-order valence-electron chi connectivity index (χ3n) is 4.42. The molecule has 10 heteroatoms. The van der Waals surface area contributed by atoms with Crippen LogP contribution >= 0.6 is 39.5 Å². The number of thioether (sulfide) groups is 2. The van der Waals surface area contributed by atoms with Gasteiger partial charge in [-0.2, -0.15) is 8.42 Å². The van der Waals surface area contributed by atoms with E-state index in [0.29, 0.717) is 11.4 Å². The summed E-state index contributed by atoms with van der Waals surface area (Å²) in [6.45, 7) is 2.13. The number of anilines is 1. The topological polar surface area (TPSA) is 70.1 Å². The number of carbonyl (C=O) groups is 1.